The number of ether oxygens (including phenoxy) is 2. The molecule has 0 saturated carbocycles. The molecule has 0 bridgehead atoms. The van der Waals surface area contributed by atoms with Gasteiger partial charge in [0.2, 0.25) is 5.91 Å². The molecular weight excluding hydrogens is 258 g/mol. The number of esters is 1. The Bertz CT molecular complexity index is 442. The van der Waals surface area contributed by atoms with Crippen molar-refractivity contribution in [1.29, 1.82) is 0 Å². The van der Waals surface area contributed by atoms with Crippen LogP contribution < -0.4 is 5.32 Å². The van der Waals surface area contributed by atoms with E-state index in [1.807, 2.05) is 6.92 Å². The Kier molecular flexibility index (Phi) is 6.73. The normalized spacial score (nSPS) is 11.8. The summed E-state index contributed by atoms with van der Waals surface area (Å²) in [4.78, 5) is 23.2. The molecule has 1 amide bonds. The van der Waals surface area contributed by atoms with Gasteiger partial charge in [-0.1, -0.05) is 6.92 Å². The number of methoxy groups -OCH3 is 1. The van der Waals surface area contributed by atoms with Gasteiger partial charge in [-0.15, -0.1) is 0 Å². The second-order valence-electron chi connectivity index (χ2n) is 4.61. The molecule has 5 heteroatoms. The second-order valence-corrected chi connectivity index (χ2v) is 4.61. The Hall–Kier alpha value is -1.88. The van der Waals surface area contributed by atoms with Gasteiger partial charge in [-0.25, -0.2) is 4.79 Å². The lowest BCUT2D eigenvalue weighted by Crippen LogP contribution is -2.17. The lowest BCUT2D eigenvalue weighted by atomic mass is 10.1. The molecule has 110 valence electrons. The molecule has 0 aliphatic rings. The van der Waals surface area contributed by atoms with Crippen LogP contribution in [0.3, 0.4) is 0 Å². The zero-order valence-corrected chi connectivity index (χ0v) is 12.1. The number of benzene rings is 1. The zero-order valence-electron chi connectivity index (χ0n) is 12.1. The van der Waals surface area contributed by atoms with Crippen LogP contribution in [0.25, 0.3) is 0 Å². The van der Waals surface area contributed by atoms with E-state index in [0.29, 0.717) is 30.9 Å². The minimum Gasteiger partial charge on any atom is -0.462 e. The smallest absolute Gasteiger partial charge is 0.338 e. The van der Waals surface area contributed by atoms with Gasteiger partial charge in [0.15, 0.2) is 0 Å². The number of nitrogens with one attached hydrogen (secondary N) is 1. The highest BCUT2D eigenvalue weighted by Gasteiger charge is 2.10. The fraction of sp³-hybridized carbons (Fsp3) is 0.467. The topological polar surface area (TPSA) is 64.6 Å². The summed E-state index contributed by atoms with van der Waals surface area (Å²) in [7, 11) is 1.61. The first-order chi connectivity index (χ1) is 9.56. The van der Waals surface area contributed by atoms with Crippen LogP contribution in [-0.4, -0.2) is 32.2 Å². The average Bonchev–Trinajstić information content (AvgIpc) is 2.39. The molecule has 0 saturated heterocycles. The third-order valence-corrected chi connectivity index (χ3v) is 2.66. The first-order valence-electron chi connectivity index (χ1n) is 6.62. The van der Waals surface area contributed by atoms with E-state index in [-0.39, 0.29) is 17.8 Å². The van der Waals surface area contributed by atoms with E-state index in [2.05, 4.69) is 5.32 Å². The number of hydrogen-bond donors (Lipinski definition) is 1. The molecule has 0 spiro atoms. The maximum absolute atomic E-state index is 11.8. The second kappa shape index (κ2) is 8.32. The Balaban J connectivity index is 2.52. The van der Waals surface area contributed by atoms with E-state index in [4.69, 9.17) is 9.47 Å². The maximum Gasteiger partial charge on any atom is 0.338 e. The number of hydrogen-bond acceptors (Lipinski definition) is 4. The summed E-state index contributed by atoms with van der Waals surface area (Å²) in [6, 6.07) is 6.63. The highest BCUT2D eigenvalue weighted by molar-refractivity contribution is 5.93. The van der Waals surface area contributed by atoms with Crippen LogP contribution in [-0.2, 0) is 14.3 Å². The third-order valence-electron chi connectivity index (χ3n) is 2.66. The summed E-state index contributed by atoms with van der Waals surface area (Å²) < 4.78 is 9.88. The van der Waals surface area contributed by atoms with Gasteiger partial charge in [-0.2, -0.15) is 0 Å². The van der Waals surface area contributed by atoms with Crippen molar-refractivity contribution < 1.29 is 19.1 Å². The highest BCUT2D eigenvalue weighted by atomic mass is 16.5. The minimum absolute atomic E-state index is 0.0709. The Labute approximate surface area is 119 Å². The van der Waals surface area contributed by atoms with Crippen LogP contribution in [0, 0.1) is 5.92 Å². The Morgan fingerprint density at radius 2 is 1.90 bits per heavy atom. The predicted molar refractivity (Wildman–Crippen MR) is 76.7 cm³/mol. The van der Waals surface area contributed by atoms with Gasteiger partial charge in [0.05, 0.1) is 12.2 Å². The van der Waals surface area contributed by atoms with Crippen LogP contribution in [0.1, 0.15) is 30.6 Å². The van der Waals surface area contributed by atoms with Gasteiger partial charge in [0.1, 0.15) is 0 Å². The van der Waals surface area contributed by atoms with Gasteiger partial charge >= 0.3 is 5.97 Å². The van der Waals surface area contributed by atoms with E-state index >= 15 is 0 Å². The van der Waals surface area contributed by atoms with Crippen molar-refractivity contribution in [3.8, 4) is 0 Å². The molecule has 20 heavy (non-hydrogen) atoms. The minimum atomic E-state index is -0.362. The fourth-order valence-corrected chi connectivity index (χ4v) is 1.78. The maximum atomic E-state index is 11.8. The summed E-state index contributed by atoms with van der Waals surface area (Å²) in [6.45, 7) is 4.60. The zero-order chi connectivity index (χ0) is 15.0. The predicted octanol–water partition coefficient (Wildman–Crippen LogP) is 2.47. The van der Waals surface area contributed by atoms with E-state index in [0.717, 1.165) is 0 Å². The van der Waals surface area contributed by atoms with E-state index in [1.165, 1.54) is 0 Å². The fourth-order valence-electron chi connectivity index (χ4n) is 1.78. The first-order valence-corrected chi connectivity index (χ1v) is 6.62. The van der Waals surface area contributed by atoms with Gasteiger partial charge in [-0.05, 0) is 37.1 Å². The van der Waals surface area contributed by atoms with Crippen molar-refractivity contribution in [2.45, 2.75) is 20.3 Å². The highest BCUT2D eigenvalue weighted by Crippen LogP contribution is 2.12. The van der Waals surface area contributed by atoms with Crippen molar-refractivity contribution in [2.75, 3.05) is 25.6 Å². The number of carbonyl (C=O) groups excluding carboxylic acids is 2. The molecule has 5 nitrogen and oxygen atoms in total. The third kappa shape index (κ3) is 5.40. The largest absolute Gasteiger partial charge is 0.462 e. The van der Waals surface area contributed by atoms with Crippen molar-refractivity contribution in [3.63, 3.8) is 0 Å². The molecular formula is C15H21NO4. The van der Waals surface area contributed by atoms with Gasteiger partial charge in [-0.3, -0.25) is 4.79 Å². The molecule has 1 N–H and O–H groups in total. The number of rotatable bonds is 7. The molecule has 0 aliphatic heterocycles. The van der Waals surface area contributed by atoms with Crippen LogP contribution in [0.4, 0.5) is 5.69 Å². The average molecular weight is 279 g/mol. The molecule has 1 atom stereocenters. The van der Waals surface area contributed by atoms with Crippen LogP contribution in [0.5, 0.6) is 0 Å². The quantitative estimate of drug-likeness (QED) is 0.779. The van der Waals surface area contributed by atoms with Crippen LogP contribution >= 0.6 is 0 Å². The number of anilines is 1. The van der Waals surface area contributed by atoms with E-state index in [9.17, 15) is 9.59 Å². The molecule has 1 unspecified atom stereocenters. The SMILES string of the molecule is CCOC(=O)c1ccc(NC(=O)CC(C)COC)cc1. The summed E-state index contributed by atoms with van der Waals surface area (Å²) in [5.74, 6) is -0.267. The summed E-state index contributed by atoms with van der Waals surface area (Å²) in [5, 5.41) is 2.78. The Morgan fingerprint density at radius 1 is 1.25 bits per heavy atom. The summed E-state index contributed by atoms with van der Waals surface area (Å²) in [6.07, 6.45) is 0.396. The summed E-state index contributed by atoms with van der Waals surface area (Å²) in [5.41, 5.74) is 1.13. The summed E-state index contributed by atoms with van der Waals surface area (Å²) >= 11 is 0. The van der Waals surface area contributed by atoms with Gasteiger partial charge in [0, 0.05) is 25.8 Å². The molecule has 1 aromatic carbocycles. The molecule has 1 aromatic rings. The Morgan fingerprint density at radius 3 is 2.45 bits per heavy atom. The van der Waals surface area contributed by atoms with Crippen molar-refractivity contribution >= 4 is 17.6 Å². The van der Waals surface area contributed by atoms with Gasteiger partial charge < -0.3 is 14.8 Å². The molecule has 0 aliphatic carbocycles. The number of carbonyl (C=O) groups is 2. The van der Waals surface area contributed by atoms with E-state index < -0.39 is 0 Å². The van der Waals surface area contributed by atoms with Crippen molar-refractivity contribution in [3.05, 3.63) is 29.8 Å². The van der Waals surface area contributed by atoms with Crippen LogP contribution in [0.2, 0.25) is 0 Å². The molecule has 1 rings (SSSR count). The molecule has 0 radical (unpaired) electrons. The molecule has 0 heterocycles. The van der Waals surface area contributed by atoms with E-state index in [1.54, 1.807) is 38.3 Å². The lowest BCUT2D eigenvalue weighted by molar-refractivity contribution is -0.117. The van der Waals surface area contributed by atoms with Crippen molar-refractivity contribution in [1.82, 2.24) is 0 Å². The monoisotopic (exact) mass is 279 g/mol. The standard InChI is InChI=1S/C15H21NO4/c1-4-20-15(18)12-5-7-13(8-6-12)16-14(17)9-11(2)10-19-3/h5-8,11H,4,9-10H2,1-3H3,(H,16,17). The lowest BCUT2D eigenvalue weighted by Gasteiger charge is -2.10. The van der Waals surface area contributed by atoms with Gasteiger partial charge in [0.25, 0.3) is 0 Å². The molecule has 0 fully saturated rings. The number of amides is 1. The van der Waals surface area contributed by atoms with Crippen LogP contribution in [0.15, 0.2) is 24.3 Å². The first kappa shape index (κ1) is 16.2. The molecule has 0 aromatic heterocycles. The van der Waals surface area contributed by atoms with Crippen molar-refractivity contribution in [2.24, 2.45) is 5.92 Å².